The number of hydrogen-bond acceptors (Lipinski definition) is 2. The smallest absolute Gasteiger partial charge is 0.0674 e. The first-order valence-electron chi connectivity index (χ1n) is 3.25. The van der Waals surface area contributed by atoms with Crippen molar-refractivity contribution in [2.24, 2.45) is 5.92 Å². The maximum atomic E-state index is 2.23. The van der Waals surface area contributed by atoms with E-state index in [2.05, 4.69) is 32.0 Å². The van der Waals surface area contributed by atoms with Gasteiger partial charge in [-0.3, -0.25) is 0 Å². The van der Waals surface area contributed by atoms with E-state index in [4.69, 9.17) is 0 Å². The lowest BCUT2D eigenvalue weighted by Gasteiger charge is -2.01. The van der Waals surface area contributed by atoms with Crippen LogP contribution in [0.1, 0.15) is 13.8 Å². The Labute approximate surface area is 61.1 Å². The summed E-state index contributed by atoms with van der Waals surface area (Å²) in [4.78, 5) is 3.73. The number of rotatable bonds is 1. The molecule has 1 rings (SSSR count). The van der Waals surface area contributed by atoms with Crippen molar-refractivity contribution in [1.82, 2.24) is 4.90 Å². The van der Waals surface area contributed by atoms with Gasteiger partial charge in [0.25, 0.3) is 0 Å². The summed E-state index contributed by atoms with van der Waals surface area (Å²) in [5.74, 6) is 1.84. The minimum Gasteiger partial charge on any atom is -0.370 e. The molecule has 0 unspecified atom stereocenters. The first-order valence-corrected chi connectivity index (χ1v) is 4.23. The monoisotopic (exact) mass is 143 g/mol. The summed E-state index contributed by atoms with van der Waals surface area (Å²) in [6.45, 7) is 4.47. The molecular formula is C7H13NS. The fourth-order valence-electron chi connectivity index (χ4n) is 0.784. The molecule has 0 aromatic carbocycles. The molecule has 0 aromatic rings. The molecule has 0 saturated carbocycles. The molecule has 0 amide bonds. The minimum absolute atomic E-state index is 0.708. The van der Waals surface area contributed by atoms with Crippen LogP contribution in [0.2, 0.25) is 0 Å². The maximum Gasteiger partial charge on any atom is 0.0674 e. The highest BCUT2D eigenvalue weighted by atomic mass is 32.2. The van der Waals surface area contributed by atoms with Crippen LogP contribution >= 0.6 is 11.8 Å². The highest BCUT2D eigenvalue weighted by molar-refractivity contribution is 8.03. The Bertz CT molecular complexity index is 129. The van der Waals surface area contributed by atoms with Crippen LogP contribution < -0.4 is 0 Å². The third-order valence-corrected chi connectivity index (χ3v) is 2.80. The summed E-state index contributed by atoms with van der Waals surface area (Å²) in [6, 6.07) is 0. The third-order valence-electron chi connectivity index (χ3n) is 1.35. The average molecular weight is 143 g/mol. The number of hydrogen-bond donors (Lipinski definition) is 0. The largest absolute Gasteiger partial charge is 0.370 e. The SMILES string of the molecule is CC(C)C1=CN(C)CS1. The van der Waals surface area contributed by atoms with E-state index in [0.29, 0.717) is 5.92 Å². The zero-order valence-corrected chi connectivity index (χ0v) is 7.03. The summed E-state index contributed by atoms with van der Waals surface area (Å²) >= 11 is 1.95. The molecule has 1 aliphatic heterocycles. The van der Waals surface area contributed by atoms with Crippen molar-refractivity contribution < 1.29 is 0 Å². The molecule has 1 aliphatic rings. The van der Waals surface area contributed by atoms with Crippen LogP contribution in [0.15, 0.2) is 11.1 Å². The Kier molecular flexibility index (Phi) is 2.06. The van der Waals surface area contributed by atoms with Crippen molar-refractivity contribution in [3.8, 4) is 0 Å². The highest BCUT2D eigenvalue weighted by Gasteiger charge is 2.11. The summed E-state index contributed by atoms with van der Waals surface area (Å²) in [7, 11) is 2.11. The highest BCUT2D eigenvalue weighted by Crippen LogP contribution is 2.29. The molecular weight excluding hydrogens is 130 g/mol. The molecule has 52 valence electrons. The summed E-state index contributed by atoms with van der Waals surface area (Å²) in [5.41, 5.74) is 0. The van der Waals surface area contributed by atoms with E-state index >= 15 is 0 Å². The zero-order chi connectivity index (χ0) is 6.85. The van der Waals surface area contributed by atoms with Gasteiger partial charge < -0.3 is 4.90 Å². The Morgan fingerprint density at radius 3 is 2.56 bits per heavy atom. The van der Waals surface area contributed by atoms with Gasteiger partial charge in [-0.2, -0.15) is 0 Å². The van der Waals surface area contributed by atoms with Crippen LogP contribution in [0.4, 0.5) is 0 Å². The van der Waals surface area contributed by atoms with Crippen molar-refractivity contribution in [2.45, 2.75) is 13.8 Å². The van der Waals surface area contributed by atoms with Gasteiger partial charge in [-0.25, -0.2) is 0 Å². The van der Waals surface area contributed by atoms with Crippen LogP contribution in [0.3, 0.4) is 0 Å². The van der Waals surface area contributed by atoms with Crippen molar-refractivity contribution in [1.29, 1.82) is 0 Å². The summed E-state index contributed by atoms with van der Waals surface area (Å²) in [5, 5.41) is 0. The second-order valence-corrected chi connectivity index (χ2v) is 3.73. The van der Waals surface area contributed by atoms with Crippen molar-refractivity contribution in [2.75, 3.05) is 12.9 Å². The van der Waals surface area contributed by atoms with Gasteiger partial charge in [0.05, 0.1) is 5.88 Å². The van der Waals surface area contributed by atoms with Crippen LogP contribution in [0, 0.1) is 5.92 Å². The van der Waals surface area contributed by atoms with E-state index in [1.807, 2.05) is 11.8 Å². The van der Waals surface area contributed by atoms with Gasteiger partial charge in [-0.1, -0.05) is 13.8 Å². The van der Waals surface area contributed by atoms with E-state index in [9.17, 15) is 0 Å². The molecule has 0 atom stereocenters. The van der Waals surface area contributed by atoms with Gasteiger partial charge in [0.15, 0.2) is 0 Å². The van der Waals surface area contributed by atoms with Gasteiger partial charge >= 0.3 is 0 Å². The molecule has 0 N–H and O–H groups in total. The van der Waals surface area contributed by atoms with E-state index in [0.717, 1.165) is 5.88 Å². The summed E-state index contributed by atoms with van der Waals surface area (Å²) in [6.07, 6.45) is 2.23. The first-order chi connectivity index (χ1) is 4.20. The molecule has 0 bridgehead atoms. The van der Waals surface area contributed by atoms with Gasteiger partial charge in [0.1, 0.15) is 0 Å². The predicted molar refractivity (Wildman–Crippen MR) is 43.1 cm³/mol. The second-order valence-electron chi connectivity index (χ2n) is 2.72. The van der Waals surface area contributed by atoms with Crippen molar-refractivity contribution in [3.05, 3.63) is 11.1 Å². The fourth-order valence-corrected chi connectivity index (χ4v) is 1.80. The van der Waals surface area contributed by atoms with Crippen LogP contribution in [-0.4, -0.2) is 17.8 Å². The normalized spacial score (nSPS) is 19.1. The molecule has 9 heavy (non-hydrogen) atoms. The molecule has 1 heterocycles. The van der Waals surface area contributed by atoms with Gasteiger partial charge in [-0.05, 0) is 5.92 Å². The Morgan fingerprint density at radius 2 is 2.33 bits per heavy atom. The average Bonchev–Trinajstić information content (AvgIpc) is 2.14. The second kappa shape index (κ2) is 2.65. The van der Waals surface area contributed by atoms with Crippen LogP contribution in [-0.2, 0) is 0 Å². The first kappa shape index (κ1) is 7.00. The molecule has 0 spiro atoms. The Morgan fingerprint density at radius 1 is 1.67 bits per heavy atom. The van der Waals surface area contributed by atoms with E-state index < -0.39 is 0 Å². The molecule has 0 fully saturated rings. The molecule has 0 aromatic heterocycles. The zero-order valence-electron chi connectivity index (χ0n) is 6.22. The lowest BCUT2D eigenvalue weighted by Crippen LogP contribution is -2.02. The third kappa shape index (κ3) is 1.65. The van der Waals surface area contributed by atoms with Crippen molar-refractivity contribution >= 4 is 11.8 Å². The summed E-state index contributed by atoms with van der Waals surface area (Å²) < 4.78 is 0. The number of thioether (sulfide) groups is 1. The van der Waals surface area contributed by atoms with Gasteiger partial charge in [-0.15, -0.1) is 11.8 Å². The maximum absolute atomic E-state index is 2.23. The van der Waals surface area contributed by atoms with Crippen LogP contribution in [0.5, 0.6) is 0 Å². The van der Waals surface area contributed by atoms with E-state index in [-0.39, 0.29) is 0 Å². The van der Waals surface area contributed by atoms with E-state index in [1.165, 1.54) is 4.91 Å². The Balaban J connectivity index is 2.52. The van der Waals surface area contributed by atoms with Crippen LogP contribution in [0.25, 0.3) is 0 Å². The topological polar surface area (TPSA) is 3.24 Å². The lowest BCUT2D eigenvalue weighted by molar-refractivity contribution is 0.546. The molecule has 2 heteroatoms. The van der Waals surface area contributed by atoms with Crippen molar-refractivity contribution in [3.63, 3.8) is 0 Å². The van der Waals surface area contributed by atoms with Gasteiger partial charge in [0, 0.05) is 18.2 Å². The van der Waals surface area contributed by atoms with Gasteiger partial charge in [0.2, 0.25) is 0 Å². The lowest BCUT2D eigenvalue weighted by atomic mass is 10.2. The van der Waals surface area contributed by atoms with E-state index in [1.54, 1.807) is 0 Å². The Hall–Kier alpha value is -0.110. The quantitative estimate of drug-likeness (QED) is 0.553. The number of nitrogens with zero attached hydrogens (tertiary/aromatic N) is 1. The predicted octanol–water partition coefficient (Wildman–Crippen LogP) is 2.12. The molecule has 0 radical (unpaired) electrons. The molecule has 0 aliphatic carbocycles. The number of allylic oxidation sites excluding steroid dienone is 1. The molecule has 1 nitrogen and oxygen atoms in total. The standard InChI is InChI=1S/C7H13NS/c1-6(2)7-4-8(3)5-9-7/h4,6H,5H2,1-3H3. The fraction of sp³-hybridized carbons (Fsp3) is 0.714. The minimum atomic E-state index is 0.708. The molecule has 0 saturated heterocycles.